The van der Waals surface area contributed by atoms with E-state index in [9.17, 15) is 14.9 Å². The van der Waals surface area contributed by atoms with Crippen LogP contribution in [0.15, 0.2) is 25.9 Å². The van der Waals surface area contributed by atoms with Gasteiger partial charge in [0.1, 0.15) is 6.54 Å². The van der Waals surface area contributed by atoms with E-state index in [4.69, 9.17) is 4.42 Å². The van der Waals surface area contributed by atoms with E-state index in [-0.39, 0.29) is 28.2 Å². The van der Waals surface area contributed by atoms with Crippen LogP contribution >= 0.6 is 15.9 Å². The van der Waals surface area contributed by atoms with Crippen molar-refractivity contribution < 1.29 is 9.34 Å². The summed E-state index contributed by atoms with van der Waals surface area (Å²) < 4.78 is 6.73. The van der Waals surface area contributed by atoms with Crippen molar-refractivity contribution in [3.8, 4) is 0 Å². The molecule has 0 aliphatic heterocycles. The SMILES string of the molecule is O=c1c(Br)cc([N+](=O)[O-])cn1Cc1nnc(C2CC2)o1. The summed E-state index contributed by atoms with van der Waals surface area (Å²) in [5.41, 5.74) is -0.569. The first-order chi connectivity index (χ1) is 9.54. The summed E-state index contributed by atoms with van der Waals surface area (Å²) in [4.78, 5) is 22.1. The maximum atomic E-state index is 11.9. The number of halogens is 1. The molecular weight excluding hydrogens is 332 g/mol. The third kappa shape index (κ3) is 2.48. The summed E-state index contributed by atoms with van der Waals surface area (Å²) in [7, 11) is 0. The van der Waals surface area contributed by atoms with Gasteiger partial charge in [0, 0.05) is 12.0 Å². The molecule has 0 unspecified atom stereocenters. The second-order valence-electron chi connectivity index (χ2n) is 4.54. The Bertz CT molecular complexity index is 734. The molecule has 3 rings (SSSR count). The van der Waals surface area contributed by atoms with Crippen LogP contribution in [-0.4, -0.2) is 19.7 Å². The van der Waals surface area contributed by atoms with E-state index in [1.807, 2.05) is 0 Å². The molecule has 1 aliphatic rings. The standard InChI is InChI=1S/C11H9BrN4O4/c12-8-3-7(16(18)19)4-15(11(8)17)5-9-13-14-10(20-9)6-1-2-6/h3-4,6H,1-2,5H2. The molecule has 0 N–H and O–H groups in total. The molecule has 0 saturated heterocycles. The second kappa shape index (κ2) is 4.82. The summed E-state index contributed by atoms with van der Waals surface area (Å²) in [6, 6.07) is 1.17. The first-order valence-corrected chi connectivity index (χ1v) is 6.70. The molecule has 8 nitrogen and oxygen atoms in total. The molecule has 9 heteroatoms. The Morgan fingerprint density at radius 1 is 1.50 bits per heavy atom. The third-order valence-electron chi connectivity index (χ3n) is 2.95. The van der Waals surface area contributed by atoms with Crippen molar-refractivity contribution in [3.63, 3.8) is 0 Å². The van der Waals surface area contributed by atoms with Gasteiger partial charge in [0.2, 0.25) is 11.8 Å². The van der Waals surface area contributed by atoms with Gasteiger partial charge in [-0.15, -0.1) is 10.2 Å². The molecule has 1 saturated carbocycles. The lowest BCUT2D eigenvalue weighted by atomic mass is 10.4. The minimum absolute atomic E-state index is 0.0127. The molecule has 0 bridgehead atoms. The topological polar surface area (TPSA) is 104 Å². The number of hydrogen-bond acceptors (Lipinski definition) is 6. The van der Waals surface area contributed by atoms with Crippen molar-refractivity contribution in [1.82, 2.24) is 14.8 Å². The minimum atomic E-state index is -0.565. The fraction of sp³-hybridized carbons (Fsp3) is 0.364. The third-order valence-corrected chi connectivity index (χ3v) is 3.52. The highest BCUT2D eigenvalue weighted by molar-refractivity contribution is 9.10. The van der Waals surface area contributed by atoms with Crippen LogP contribution in [0.1, 0.15) is 30.5 Å². The number of aromatic nitrogens is 3. The first-order valence-electron chi connectivity index (χ1n) is 5.91. The van der Waals surface area contributed by atoms with Gasteiger partial charge in [-0.2, -0.15) is 0 Å². The number of nitro groups is 1. The number of rotatable bonds is 4. The van der Waals surface area contributed by atoms with E-state index in [2.05, 4.69) is 26.1 Å². The van der Waals surface area contributed by atoms with Crippen LogP contribution < -0.4 is 5.56 Å². The molecule has 1 fully saturated rings. The van der Waals surface area contributed by atoms with Crippen LogP contribution in [0.3, 0.4) is 0 Å². The fourth-order valence-electron chi connectivity index (χ4n) is 1.77. The van der Waals surface area contributed by atoms with Crippen molar-refractivity contribution in [3.05, 3.63) is 49.0 Å². The maximum absolute atomic E-state index is 11.9. The zero-order valence-electron chi connectivity index (χ0n) is 10.2. The van der Waals surface area contributed by atoms with Gasteiger partial charge in [-0.3, -0.25) is 19.5 Å². The first kappa shape index (κ1) is 13.0. The van der Waals surface area contributed by atoms with Gasteiger partial charge in [0.25, 0.3) is 11.2 Å². The Labute approximate surface area is 120 Å². The van der Waals surface area contributed by atoms with E-state index in [0.717, 1.165) is 19.0 Å². The maximum Gasteiger partial charge on any atom is 0.286 e. The van der Waals surface area contributed by atoms with E-state index in [1.165, 1.54) is 10.6 Å². The fourth-order valence-corrected chi connectivity index (χ4v) is 2.24. The average molecular weight is 341 g/mol. The Balaban J connectivity index is 1.92. The largest absolute Gasteiger partial charge is 0.423 e. The lowest BCUT2D eigenvalue weighted by molar-refractivity contribution is -0.385. The van der Waals surface area contributed by atoms with Gasteiger partial charge in [-0.05, 0) is 28.8 Å². The number of hydrogen-bond donors (Lipinski definition) is 0. The van der Waals surface area contributed by atoms with Crippen molar-refractivity contribution in [2.45, 2.75) is 25.3 Å². The molecule has 104 valence electrons. The van der Waals surface area contributed by atoms with Gasteiger partial charge in [-0.25, -0.2) is 0 Å². The van der Waals surface area contributed by atoms with Crippen LogP contribution in [0.4, 0.5) is 5.69 Å². The van der Waals surface area contributed by atoms with Crippen LogP contribution in [0, 0.1) is 10.1 Å². The molecule has 0 spiro atoms. The highest BCUT2D eigenvalue weighted by Gasteiger charge is 2.29. The predicted octanol–water partition coefficient (Wildman–Crippen LogP) is 1.83. The van der Waals surface area contributed by atoms with Gasteiger partial charge in [0.15, 0.2) is 0 Å². The van der Waals surface area contributed by atoms with Gasteiger partial charge >= 0.3 is 0 Å². The monoisotopic (exact) mass is 340 g/mol. The summed E-state index contributed by atoms with van der Waals surface area (Å²) in [6.07, 6.45) is 3.22. The van der Waals surface area contributed by atoms with Crippen molar-refractivity contribution in [1.29, 1.82) is 0 Å². The quantitative estimate of drug-likeness (QED) is 0.621. The summed E-state index contributed by atoms with van der Waals surface area (Å²) in [5, 5.41) is 18.6. The molecule has 2 aromatic heterocycles. The molecule has 0 amide bonds. The van der Waals surface area contributed by atoms with Crippen LogP contribution in [0.25, 0.3) is 0 Å². The minimum Gasteiger partial charge on any atom is -0.423 e. The average Bonchev–Trinajstić information content (AvgIpc) is 3.15. The zero-order chi connectivity index (χ0) is 14.3. The normalized spacial score (nSPS) is 14.4. The van der Waals surface area contributed by atoms with E-state index < -0.39 is 4.92 Å². The molecule has 0 aromatic carbocycles. The summed E-state index contributed by atoms with van der Waals surface area (Å²) >= 11 is 3.01. The zero-order valence-corrected chi connectivity index (χ0v) is 11.7. The molecule has 2 aromatic rings. The number of pyridine rings is 1. The molecule has 2 heterocycles. The highest BCUT2D eigenvalue weighted by atomic mass is 79.9. The molecule has 20 heavy (non-hydrogen) atoms. The van der Waals surface area contributed by atoms with Gasteiger partial charge in [0.05, 0.1) is 15.6 Å². The smallest absolute Gasteiger partial charge is 0.286 e. The molecule has 0 atom stereocenters. The van der Waals surface area contributed by atoms with Gasteiger partial charge < -0.3 is 4.42 Å². The Morgan fingerprint density at radius 3 is 2.90 bits per heavy atom. The predicted molar refractivity (Wildman–Crippen MR) is 70.4 cm³/mol. The van der Waals surface area contributed by atoms with Crippen LogP contribution in [-0.2, 0) is 6.54 Å². The summed E-state index contributed by atoms with van der Waals surface area (Å²) in [6.45, 7) is 0.0127. The van der Waals surface area contributed by atoms with Gasteiger partial charge in [-0.1, -0.05) is 0 Å². The molecule has 0 radical (unpaired) electrons. The second-order valence-corrected chi connectivity index (χ2v) is 5.40. The highest BCUT2D eigenvalue weighted by Crippen LogP contribution is 2.39. The lowest BCUT2D eigenvalue weighted by Crippen LogP contribution is -2.21. The Hall–Kier alpha value is -2.03. The van der Waals surface area contributed by atoms with E-state index in [0.29, 0.717) is 11.8 Å². The van der Waals surface area contributed by atoms with Crippen molar-refractivity contribution in [2.75, 3.05) is 0 Å². The lowest BCUT2D eigenvalue weighted by Gasteiger charge is -2.02. The van der Waals surface area contributed by atoms with Crippen molar-refractivity contribution in [2.24, 2.45) is 0 Å². The Kier molecular flexibility index (Phi) is 3.13. The van der Waals surface area contributed by atoms with Crippen LogP contribution in [0.5, 0.6) is 0 Å². The van der Waals surface area contributed by atoms with E-state index in [1.54, 1.807) is 0 Å². The summed E-state index contributed by atoms with van der Waals surface area (Å²) in [5.74, 6) is 1.16. The Morgan fingerprint density at radius 2 is 2.25 bits per heavy atom. The molecular formula is C11H9BrN4O4. The van der Waals surface area contributed by atoms with Crippen LogP contribution in [0.2, 0.25) is 0 Å². The molecule has 1 aliphatic carbocycles. The number of nitrogens with zero attached hydrogens (tertiary/aromatic N) is 4. The van der Waals surface area contributed by atoms with Crippen molar-refractivity contribution >= 4 is 21.6 Å². The van der Waals surface area contributed by atoms with E-state index >= 15 is 0 Å².